The lowest BCUT2D eigenvalue weighted by Crippen LogP contribution is -2.63. The number of terminal acetylenes is 4. The Balaban J connectivity index is 1.17. The average Bonchev–Trinajstić information content (AvgIpc) is 3.04. The summed E-state index contributed by atoms with van der Waals surface area (Å²) in [6, 6.07) is 23.1. The van der Waals surface area contributed by atoms with Crippen molar-refractivity contribution in [2.45, 2.75) is 126 Å². The fourth-order valence-corrected chi connectivity index (χ4v) is 16.2. The standard InChI is InChI=1S/C50H50/c1-9-35-16-18-41(37(11-3)20-35)49-29-43(5)23-44(6,30-49)26-47(25-43,33-49)39-14-13-15-40(22-39)48-27-45(7)24-46(8,28-48)32-50(31-45,34-48)42-19-17-36(10-2)21-38(42)12-4/h1-4,13-22H,23-34H2,5-8H3. The summed E-state index contributed by atoms with van der Waals surface area (Å²) < 4.78 is 0. The van der Waals surface area contributed by atoms with E-state index in [-0.39, 0.29) is 43.3 Å². The van der Waals surface area contributed by atoms with Crippen molar-refractivity contribution in [1.82, 2.24) is 0 Å². The van der Waals surface area contributed by atoms with Crippen LogP contribution in [0.25, 0.3) is 0 Å². The smallest absolute Gasteiger partial charge is 0.0292 e. The maximum absolute atomic E-state index is 6.24. The summed E-state index contributed by atoms with van der Waals surface area (Å²) in [5.41, 5.74) is 11.1. The molecule has 8 bridgehead atoms. The number of rotatable bonds is 4. The van der Waals surface area contributed by atoms with Crippen molar-refractivity contribution in [2.24, 2.45) is 21.7 Å². The van der Waals surface area contributed by atoms with Gasteiger partial charge >= 0.3 is 0 Å². The average molecular weight is 651 g/mol. The number of hydrogen-bond acceptors (Lipinski definition) is 0. The van der Waals surface area contributed by atoms with Gasteiger partial charge < -0.3 is 0 Å². The van der Waals surface area contributed by atoms with Gasteiger partial charge in [0.1, 0.15) is 0 Å². The highest BCUT2D eigenvalue weighted by molar-refractivity contribution is 5.55. The Morgan fingerprint density at radius 2 is 0.760 bits per heavy atom. The molecule has 0 heterocycles. The van der Waals surface area contributed by atoms with E-state index in [1.54, 1.807) is 11.1 Å². The number of benzene rings is 3. The Labute approximate surface area is 301 Å². The van der Waals surface area contributed by atoms with E-state index in [9.17, 15) is 0 Å². The first kappa shape index (κ1) is 31.9. The van der Waals surface area contributed by atoms with Gasteiger partial charge in [0.2, 0.25) is 0 Å². The van der Waals surface area contributed by atoms with E-state index in [4.69, 9.17) is 25.7 Å². The maximum atomic E-state index is 6.24. The van der Waals surface area contributed by atoms with Crippen molar-refractivity contribution in [3.8, 4) is 49.4 Å². The summed E-state index contributed by atoms with van der Waals surface area (Å²) in [4.78, 5) is 0. The molecule has 0 N–H and O–H groups in total. The topological polar surface area (TPSA) is 0 Å². The van der Waals surface area contributed by atoms with Gasteiger partial charge in [-0.15, -0.1) is 25.7 Å². The van der Waals surface area contributed by atoms with Crippen LogP contribution in [0.4, 0.5) is 0 Å². The zero-order valence-corrected chi connectivity index (χ0v) is 30.6. The maximum Gasteiger partial charge on any atom is 0.0292 e. The molecule has 0 saturated heterocycles. The molecule has 3 aromatic carbocycles. The van der Waals surface area contributed by atoms with Gasteiger partial charge in [-0.3, -0.25) is 0 Å². The molecule has 0 spiro atoms. The molecule has 50 heavy (non-hydrogen) atoms. The van der Waals surface area contributed by atoms with Crippen LogP contribution in [0.2, 0.25) is 0 Å². The van der Waals surface area contributed by atoms with Gasteiger partial charge in [-0.2, -0.15) is 0 Å². The minimum Gasteiger partial charge on any atom is -0.115 e. The second kappa shape index (κ2) is 9.81. The van der Waals surface area contributed by atoms with Crippen molar-refractivity contribution in [2.75, 3.05) is 0 Å². The lowest BCUT2D eigenvalue weighted by Gasteiger charge is -2.71. The van der Waals surface area contributed by atoms with E-state index in [1.807, 2.05) is 0 Å². The molecule has 8 aliphatic rings. The highest BCUT2D eigenvalue weighted by Gasteiger charge is 2.68. The van der Waals surface area contributed by atoms with Gasteiger partial charge in [-0.05, 0) is 167 Å². The quantitative estimate of drug-likeness (QED) is 0.247. The summed E-state index contributed by atoms with van der Waals surface area (Å²) in [7, 11) is 0. The molecule has 250 valence electrons. The van der Waals surface area contributed by atoms with Crippen LogP contribution in [0.3, 0.4) is 0 Å². The minimum absolute atomic E-state index is 0.0605. The third-order valence-corrected chi connectivity index (χ3v) is 15.1. The highest BCUT2D eigenvalue weighted by Crippen LogP contribution is 2.76. The largest absolute Gasteiger partial charge is 0.115 e. The van der Waals surface area contributed by atoms with Crippen LogP contribution in [0.15, 0.2) is 60.7 Å². The molecule has 0 amide bonds. The van der Waals surface area contributed by atoms with E-state index in [0.717, 1.165) is 35.1 Å². The summed E-state index contributed by atoms with van der Waals surface area (Å²) in [5.74, 6) is 11.8. The third-order valence-electron chi connectivity index (χ3n) is 15.1. The zero-order chi connectivity index (χ0) is 35.0. The van der Waals surface area contributed by atoms with Gasteiger partial charge in [-0.25, -0.2) is 0 Å². The molecular formula is C50H50. The van der Waals surface area contributed by atoms with Gasteiger partial charge in [-0.1, -0.05) is 87.8 Å². The fourth-order valence-electron chi connectivity index (χ4n) is 16.2. The van der Waals surface area contributed by atoms with Crippen LogP contribution in [-0.2, 0) is 21.7 Å². The summed E-state index contributed by atoms with van der Waals surface area (Å²) >= 11 is 0. The van der Waals surface area contributed by atoms with Crippen molar-refractivity contribution >= 4 is 0 Å². The molecule has 0 aliphatic heterocycles. The molecule has 8 fully saturated rings. The van der Waals surface area contributed by atoms with Crippen molar-refractivity contribution in [1.29, 1.82) is 0 Å². The van der Waals surface area contributed by atoms with Crippen LogP contribution < -0.4 is 0 Å². The van der Waals surface area contributed by atoms with E-state index < -0.39 is 0 Å². The Hall–Kier alpha value is -4.10. The zero-order valence-electron chi connectivity index (χ0n) is 30.6. The van der Waals surface area contributed by atoms with E-state index in [1.165, 1.54) is 75.3 Å². The van der Waals surface area contributed by atoms with Crippen molar-refractivity contribution in [3.63, 3.8) is 0 Å². The van der Waals surface area contributed by atoms with Crippen LogP contribution in [-0.4, -0.2) is 0 Å². The first-order valence-corrected chi connectivity index (χ1v) is 18.9. The summed E-state index contributed by atoms with van der Waals surface area (Å²) in [5, 5.41) is 0. The Bertz CT molecular complexity index is 1970. The predicted octanol–water partition coefficient (Wildman–Crippen LogP) is 10.8. The van der Waals surface area contributed by atoms with E-state index >= 15 is 0 Å². The molecule has 8 saturated carbocycles. The first-order chi connectivity index (χ1) is 23.7. The molecule has 4 atom stereocenters. The van der Waals surface area contributed by atoms with E-state index in [2.05, 4.69) is 112 Å². The van der Waals surface area contributed by atoms with Gasteiger partial charge in [0, 0.05) is 22.3 Å². The second-order valence-corrected chi connectivity index (χ2v) is 20.2. The fraction of sp³-hybridized carbons (Fsp3) is 0.480. The Morgan fingerprint density at radius 3 is 1.10 bits per heavy atom. The van der Waals surface area contributed by atoms with Crippen LogP contribution in [0, 0.1) is 71.0 Å². The minimum atomic E-state index is 0.0605. The van der Waals surface area contributed by atoms with Crippen molar-refractivity contribution < 1.29 is 0 Å². The van der Waals surface area contributed by atoms with E-state index in [0.29, 0.717) is 0 Å². The normalized spacial score (nSPS) is 41.6. The molecule has 4 unspecified atom stereocenters. The van der Waals surface area contributed by atoms with Gasteiger partial charge in [0.15, 0.2) is 0 Å². The molecule has 11 rings (SSSR count). The third kappa shape index (κ3) is 4.37. The molecule has 8 aliphatic carbocycles. The predicted molar refractivity (Wildman–Crippen MR) is 206 cm³/mol. The van der Waals surface area contributed by atoms with Crippen LogP contribution >= 0.6 is 0 Å². The number of hydrogen-bond donors (Lipinski definition) is 0. The Morgan fingerprint density at radius 1 is 0.400 bits per heavy atom. The molecule has 3 aromatic rings. The van der Waals surface area contributed by atoms with Crippen molar-refractivity contribution in [3.05, 3.63) is 105 Å². The Kier molecular flexibility index (Phi) is 6.25. The highest BCUT2D eigenvalue weighted by atomic mass is 14.7. The molecule has 0 radical (unpaired) electrons. The van der Waals surface area contributed by atoms with Gasteiger partial charge in [0.25, 0.3) is 0 Å². The monoisotopic (exact) mass is 650 g/mol. The van der Waals surface area contributed by atoms with Crippen LogP contribution in [0.5, 0.6) is 0 Å². The summed E-state index contributed by atoms with van der Waals surface area (Å²) in [6.45, 7) is 10.3. The lowest BCUT2D eigenvalue weighted by molar-refractivity contribution is -0.128. The van der Waals surface area contributed by atoms with Gasteiger partial charge in [0.05, 0.1) is 0 Å². The molecular weight excluding hydrogens is 601 g/mol. The molecule has 0 aromatic heterocycles. The summed E-state index contributed by atoms with van der Waals surface area (Å²) in [6.07, 6.45) is 39.0. The first-order valence-electron chi connectivity index (χ1n) is 18.9. The second-order valence-electron chi connectivity index (χ2n) is 20.2. The lowest BCUT2D eigenvalue weighted by atomic mass is 9.33. The SMILES string of the molecule is C#Cc1ccc(C23CC4(C)CC(C)(CC(c5cccc(C67CC8(C)CC(C)(C6)CC(c6ccc(C#C)cc6C#C)(C8)C7)c5)(C4)C2)C3)c(C#C)c1. The molecule has 0 nitrogen and oxygen atoms in total. The van der Waals surface area contributed by atoms with Crippen LogP contribution in [0.1, 0.15) is 149 Å². The molecule has 0 heteroatoms.